The fourth-order valence-electron chi connectivity index (χ4n) is 3.31. The zero-order valence-electron chi connectivity index (χ0n) is 15.2. The van der Waals surface area contributed by atoms with Gasteiger partial charge in [0.25, 0.3) is 11.8 Å². The summed E-state index contributed by atoms with van der Waals surface area (Å²) in [5, 5.41) is 1.27. The number of benzene rings is 3. The van der Waals surface area contributed by atoms with E-state index in [9.17, 15) is 14.4 Å². The van der Waals surface area contributed by atoms with Crippen LogP contribution in [-0.4, -0.2) is 35.8 Å². The number of hydrogen-bond donors (Lipinski definition) is 0. The highest BCUT2D eigenvalue weighted by molar-refractivity contribution is 6.26. The summed E-state index contributed by atoms with van der Waals surface area (Å²) >= 11 is 0. The number of rotatable bonds is 5. The van der Waals surface area contributed by atoms with Crippen LogP contribution in [0.15, 0.2) is 60.7 Å². The van der Waals surface area contributed by atoms with E-state index in [4.69, 9.17) is 9.47 Å². The van der Waals surface area contributed by atoms with Gasteiger partial charge in [0.1, 0.15) is 18.1 Å². The van der Waals surface area contributed by atoms with Crippen molar-refractivity contribution in [2.75, 3.05) is 13.2 Å². The van der Waals surface area contributed by atoms with Crippen molar-refractivity contribution in [2.45, 2.75) is 6.92 Å². The van der Waals surface area contributed by atoms with Crippen LogP contribution < -0.4 is 4.74 Å². The zero-order valence-corrected chi connectivity index (χ0v) is 15.2. The predicted octanol–water partition coefficient (Wildman–Crippen LogP) is 3.79. The Bertz CT molecular complexity index is 1070. The Kier molecular flexibility index (Phi) is 4.53. The number of imide groups is 1. The molecule has 0 unspecified atom stereocenters. The van der Waals surface area contributed by atoms with Gasteiger partial charge in [-0.15, -0.1) is 0 Å². The van der Waals surface area contributed by atoms with Crippen molar-refractivity contribution in [1.82, 2.24) is 4.90 Å². The first-order valence-corrected chi connectivity index (χ1v) is 8.84. The molecule has 140 valence electrons. The minimum Gasteiger partial charge on any atom is -0.464 e. The molecule has 0 aliphatic carbocycles. The summed E-state index contributed by atoms with van der Waals surface area (Å²) in [7, 11) is 0. The SMILES string of the molecule is CC(=O)OCCN1C(=O)c2cccc3c(Oc4ccccc4)ccc(c23)C1=O. The highest BCUT2D eigenvalue weighted by Crippen LogP contribution is 2.37. The molecule has 3 aromatic carbocycles. The molecule has 2 amide bonds. The molecule has 4 rings (SSSR count). The normalized spacial score (nSPS) is 13.0. The van der Waals surface area contributed by atoms with E-state index in [1.54, 1.807) is 24.3 Å². The van der Waals surface area contributed by atoms with Gasteiger partial charge in [0.2, 0.25) is 0 Å². The maximum absolute atomic E-state index is 12.9. The fraction of sp³-hybridized carbons (Fsp3) is 0.136. The van der Waals surface area contributed by atoms with Gasteiger partial charge in [-0.1, -0.05) is 30.3 Å². The standard InChI is InChI=1S/C22H17NO5/c1-14(24)27-13-12-23-21(25)17-9-5-8-16-19(28-15-6-3-2-4-7-15)11-10-18(20(16)17)22(23)26/h2-11H,12-13H2,1H3. The Morgan fingerprint density at radius 2 is 1.61 bits per heavy atom. The van der Waals surface area contributed by atoms with Gasteiger partial charge in [-0.05, 0) is 30.3 Å². The van der Waals surface area contributed by atoms with Gasteiger partial charge < -0.3 is 9.47 Å². The monoisotopic (exact) mass is 375 g/mol. The van der Waals surface area contributed by atoms with Gasteiger partial charge in [0.05, 0.1) is 6.54 Å². The number of carbonyl (C=O) groups excluding carboxylic acids is 3. The molecule has 0 fully saturated rings. The predicted molar refractivity (Wildman–Crippen MR) is 102 cm³/mol. The van der Waals surface area contributed by atoms with E-state index in [-0.39, 0.29) is 13.2 Å². The summed E-state index contributed by atoms with van der Waals surface area (Å²) in [5.74, 6) is -0.0400. The molecule has 0 atom stereocenters. The van der Waals surface area contributed by atoms with Gasteiger partial charge >= 0.3 is 5.97 Å². The molecule has 0 radical (unpaired) electrons. The fourth-order valence-corrected chi connectivity index (χ4v) is 3.31. The quantitative estimate of drug-likeness (QED) is 0.501. The van der Waals surface area contributed by atoms with Crippen LogP contribution in [0.2, 0.25) is 0 Å². The minimum atomic E-state index is -0.456. The maximum atomic E-state index is 12.9. The number of amides is 2. The number of esters is 1. The third kappa shape index (κ3) is 3.09. The number of carbonyl (C=O) groups is 3. The van der Waals surface area contributed by atoms with Crippen molar-refractivity contribution in [1.29, 1.82) is 0 Å². The number of hydrogen-bond acceptors (Lipinski definition) is 5. The summed E-state index contributed by atoms with van der Waals surface area (Å²) in [6, 6.07) is 18.0. The van der Waals surface area contributed by atoms with Gasteiger partial charge in [-0.2, -0.15) is 0 Å². The second-order valence-corrected chi connectivity index (χ2v) is 6.36. The molecule has 0 N–H and O–H groups in total. The van der Waals surface area contributed by atoms with Crippen molar-refractivity contribution < 1.29 is 23.9 Å². The van der Waals surface area contributed by atoms with Crippen LogP contribution in [-0.2, 0) is 9.53 Å². The average Bonchev–Trinajstić information content (AvgIpc) is 2.70. The van der Waals surface area contributed by atoms with Crippen LogP contribution in [0, 0.1) is 0 Å². The lowest BCUT2D eigenvalue weighted by Gasteiger charge is -2.27. The van der Waals surface area contributed by atoms with E-state index in [1.807, 2.05) is 36.4 Å². The highest BCUT2D eigenvalue weighted by atomic mass is 16.5. The third-order valence-corrected chi connectivity index (χ3v) is 4.54. The molecule has 1 aliphatic rings. The van der Waals surface area contributed by atoms with Crippen molar-refractivity contribution >= 4 is 28.6 Å². The third-order valence-electron chi connectivity index (χ3n) is 4.54. The summed E-state index contributed by atoms with van der Waals surface area (Å²) < 4.78 is 10.8. The smallest absolute Gasteiger partial charge is 0.302 e. The van der Waals surface area contributed by atoms with Crippen LogP contribution >= 0.6 is 0 Å². The summed E-state index contributed by atoms with van der Waals surface area (Å²) in [5.41, 5.74) is 0.849. The summed E-state index contributed by atoms with van der Waals surface area (Å²) in [6.07, 6.45) is 0. The lowest BCUT2D eigenvalue weighted by Crippen LogP contribution is -2.42. The van der Waals surface area contributed by atoms with Crippen LogP contribution in [0.3, 0.4) is 0 Å². The van der Waals surface area contributed by atoms with Crippen molar-refractivity contribution in [3.05, 3.63) is 71.8 Å². The molecule has 0 aromatic heterocycles. The zero-order chi connectivity index (χ0) is 19.7. The molecule has 28 heavy (non-hydrogen) atoms. The molecule has 6 nitrogen and oxygen atoms in total. The highest BCUT2D eigenvalue weighted by Gasteiger charge is 2.33. The molecule has 0 spiro atoms. The molecule has 1 heterocycles. The molecule has 0 saturated carbocycles. The topological polar surface area (TPSA) is 72.9 Å². The first-order valence-electron chi connectivity index (χ1n) is 8.84. The van der Waals surface area contributed by atoms with E-state index in [1.165, 1.54) is 6.92 Å². The van der Waals surface area contributed by atoms with Crippen molar-refractivity contribution in [3.63, 3.8) is 0 Å². The van der Waals surface area contributed by atoms with Gasteiger partial charge in [-0.3, -0.25) is 19.3 Å². The number of ether oxygens (including phenoxy) is 2. The summed E-state index contributed by atoms with van der Waals surface area (Å²) in [6.45, 7) is 1.26. The van der Waals surface area contributed by atoms with E-state index >= 15 is 0 Å². The molecule has 3 aromatic rings. The Morgan fingerprint density at radius 3 is 2.32 bits per heavy atom. The Hall–Kier alpha value is -3.67. The Morgan fingerprint density at radius 1 is 0.893 bits per heavy atom. The second-order valence-electron chi connectivity index (χ2n) is 6.36. The first-order chi connectivity index (χ1) is 13.6. The van der Waals surface area contributed by atoms with Crippen molar-refractivity contribution in [2.24, 2.45) is 0 Å². The van der Waals surface area contributed by atoms with E-state index in [0.29, 0.717) is 33.4 Å². The van der Waals surface area contributed by atoms with Crippen molar-refractivity contribution in [3.8, 4) is 11.5 Å². The lowest BCUT2D eigenvalue weighted by atomic mass is 9.93. The molecule has 0 bridgehead atoms. The Balaban J connectivity index is 1.74. The largest absolute Gasteiger partial charge is 0.464 e. The summed E-state index contributed by atoms with van der Waals surface area (Å²) in [4.78, 5) is 37.8. The maximum Gasteiger partial charge on any atom is 0.302 e. The van der Waals surface area contributed by atoms with Crippen LogP contribution in [0.25, 0.3) is 10.8 Å². The Labute approximate surface area is 161 Å². The van der Waals surface area contributed by atoms with E-state index in [0.717, 1.165) is 4.90 Å². The lowest BCUT2D eigenvalue weighted by molar-refractivity contribution is -0.141. The van der Waals surface area contributed by atoms with Gasteiger partial charge in [0.15, 0.2) is 0 Å². The molecular weight excluding hydrogens is 358 g/mol. The van der Waals surface area contributed by atoms with Gasteiger partial charge in [-0.25, -0.2) is 0 Å². The van der Waals surface area contributed by atoms with Crippen LogP contribution in [0.5, 0.6) is 11.5 Å². The minimum absolute atomic E-state index is 0.00927. The molecular formula is C22H17NO5. The second kappa shape index (κ2) is 7.15. The molecule has 6 heteroatoms. The average molecular weight is 375 g/mol. The van der Waals surface area contributed by atoms with E-state index < -0.39 is 17.8 Å². The molecule has 1 aliphatic heterocycles. The number of nitrogens with zero attached hydrogens (tertiary/aromatic N) is 1. The molecule has 0 saturated heterocycles. The van der Waals surface area contributed by atoms with E-state index in [2.05, 4.69) is 0 Å². The van der Waals surface area contributed by atoms with Crippen LogP contribution in [0.4, 0.5) is 0 Å². The first kappa shape index (κ1) is 17.7. The van der Waals surface area contributed by atoms with Crippen LogP contribution in [0.1, 0.15) is 27.6 Å². The van der Waals surface area contributed by atoms with Gasteiger partial charge in [0, 0.05) is 28.8 Å². The number of para-hydroxylation sites is 1.